The molecule has 0 saturated heterocycles. The van der Waals surface area contributed by atoms with E-state index in [1.807, 2.05) is 33.8 Å². The molecule has 1 unspecified atom stereocenters. The second-order valence-corrected chi connectivity index (χ2v) is 3.24. The highest BCUT2D eigenvalue weighted by molar-refractivity contribution is 5.25. The van der Waals surface area contributed by atoms with Crippen molar-refractivity contribution in [2.45, 2.75) is 60.0 Å². The molecule has 0 heterocycles. The Morgan fingerprint density at radius 3 is 2.00 bits per heavy atom. The first-order chi connectivity index (χ1) is 7.61. The van der Waals surface area contributed by atoms with Crippen LogP contribution in [0.4, 0.5) is 0 Å². The third-order valence-corrected chi connectivity index (χ3v) is 1.97. The fraction of sp³-hybridized carbons (Fsp3) is 0.600. The molecule has 0 radical (unpaired) electrons. The molecule has 0 amide bonds. The number of aliphatic hydroxyl groups is 1. The Hall–Kier alpha value is -0.820. The third kappa shape index (κ3) is 13.2. The van der Waals surface area contributed by atoms with Crippen molar-refractivity contribution in [2.24, 2.45) is 0 Å². The molecule has 1 nitrogen and oxygen atoms in total. The zero-order valence-electron chi connectivity index (χ0n) is 11.8. The second-order valence-electron chi connectivity index (χ2n) is 3.24. The molecule has 0 aromatic carbocycles. The van der Waals surface area contributed by atoms with Crippen LogP contribution < -0.4 is 0 Å². The van der Waals surface area contributed by atoms with Crippen molar-refractivity contribution in [2.75, 3.05) is 0 Å². The summed E-state index contributed by atoms with van der Waals surface area (Å²) in [5.74, 6) is 0. The minimum absolute atomic E-state index is 0.196. The van der Waals surface area contributed by atoms with Gasteiger partial charge in [-0.3, -0.25) is 0 Å². The average Bonchev–Trinajstić information content (AvgIpc) is 2.31. The summed E-state index contributed by atoms with van der Waals surface area (Å²) in [5, 5.41) is 9.52. The number of hydrogen-bond donors (Lipinski definition) is 1. The van der Waals surface area contributed by atoms with Crippen LogP contribution in [0.15, 0.2) is 37.0 Å². The molecule has 1 heteroatoms. The standard InChI is InChI=1S/C11H20O.C2H6.C2H4/c1-5-7-11(12)8-10(6-2)9(3)4;2*1-2/h6,11-12H,3,5,7-8H2,1-2,4H3;1-2H3;1-2H2/b10-6-;;. The predicted molar refractivity (Wildman–Crippen MR) is 76.7 cm³/mol. The Morgan fingerprint density at radius 1 is 1.31 bits per heavy atom. The predicted octanol–water partition coefficient (Wildman–Crippen LogP) is 4.89. The van der Waals surface area contributed by atoms with Gasteiger partial charge in [0, 0.05) is 0 Å². The first-order valence-corrected chi connectivity index (χ1v) is 6.10. The summed E-state index contributed by atoms with van der Waals surface area (Å²) >= 11 is 0. The second kappa shape index (κ2) is 16.6. The molecule has 0 aliphatic rings. The summed E-state index contributed by atoms with van der Waals surface area (Å²) in [4.78, 5) is 0. The van der Waals surface area contributed by atoms with E-state index in [1.54, 1.807) is 0 Å². The SMILES string of the molecule is C=C.C=C(C)/C(=C\C)CC(O)CCC.CC. The maximum atomic E-state index is 9.52. The van der Waals surface area contributed by atoms with Crippen LogP contribution in [0.3, 0.4) is 0 Å². The fourth-order valence-corrected chi connectivity index (χ4v) is 1.23. The van der Waals surface area contributed by atoms with E-state index in [-0.39, 0.29) is 6.10 Å². The molecule has 1 N–H and O–H groups in total. The first-order valence-electron chi connectivity index (χ1n) is 6.10. The van der Waals surface area contributed by atoms with Gasteiger partial charge in [-0.2, -0.15) is 0 Å². The highest BCUT2D eigenvalue weighted by Crippen LogP contribution is 2.16. The van der Waals surface area contributed by atoms with Gasteiger partial charge < -0.3 is 5.11 Å². The number of rotatable bonds is 5. The van der Waals surface area contributed by atoms with Crippen molar-refractivity contribution < 1.29 is 5.11 Å². The number of hydrogen-bond acceptors (Lipinski definition) is 1. The molecule has 0 aliphatic heterocycles. The minimum atomic E-state index is -0.196. The molecule has 0 aliphatic carbocycles. The monoisotopic (exact) mass is 226 g/mol. The van der Waals surface area contributed by atoms with E-state index in [9.17, 15) is 5.11 Å². The smallest absolute Gasteiger partial charge is 0.0580 e. The van der Waals surface area contributed by atoms with Gasteiger partial charge in [0.05, 0.1) is 6.10 Å². The average molecular weight is 226 g/mol. The normalized spacial score (nSPS) is 11.5. The molecule has 16 heavy (non-hydrogen) atoms. The van der Waals surface area contributed by atoms with Crippen molar-refractivity contribution in [3.8, 4) is 0 Å². The van der Waals surface area contributed by atoms with Gasteiger partial charge >= 0.3 is 0 Å². The third-order valence-electron chi connectivity index (χ3n) is 1.97. The zero-order valence-corrected chi connectivity index (χ0v) is 11.8. The summed E-state index contributed by atoms with van der Waals surface area (Å²) in [7, 11) is 0. The molecule has 0 aromatic heterocycles. The fourth-order valence-electron chi connectivity index (χ4n) is 1.23. The maximum Gasteiger partial charge on any atom is 0.0580 e. The van der Waals surface area contributed by atoms with Crippen LogP contribution in [0.2, 0.25) is 0 Å². The van der Waals surface area contributed by atoms with Crippen LogP contribution in [0.5, 0.6) is 0 Å². The van der Waals surface area contributed by atoms with Gasteiger partial charge in [0.25, 0.3) is 0 Å². The van der Waals surface area contributed by atoms with Crippen molar-refractivity contribution in [1.29, 1.82) is 0 Å². The van der Waals surface area contributed by atoms with Gasteiger partial charge in [0.1, 0.15) is 0 Å². The number of aliphatic hydroxyl groups excluding tert-OH is 1. The molecular weight excluding hydrogens is 196 g/mol. The zero-order chi connectivity index (χ0) is 13.6. The molecule has 0 aromatic rings. The Bertz CT molecular complexity index is 180. The Labute approximate surface area is 103 Å². The molecule has 0 spiro atoms. The lowest BCUT2D eigenvalue weighted by Gasteiger charge is -2.11. The molecule has 0 bridgehead atoms. The van der Waals surface area contributed by atoms with E-state index >= 15 is 0 Å². The van der Waals surface area contributed by atoms with Crippen LogP contribution in [-0.4, -0.2) is 11.2 Å². The minimum Gasteiger partial charge on any atom is -0.393 e. The Balaban J connectivity index is -0.000000376. The lowest BCUT2D eigenvalue weighted by atomic mass is 10.00. The van der Waals surface area contributed by atoms with Crippen LogP contribution in [0.1, 0.15) is 53.9 Å². The van der Waals surface area contributed by atoms with Gasteiger partial charge in [0.15, 0.2) is 0 Å². The van der Waals surface area contributed by atoms with Gasteiger partial charge in [-0.15, -0.1) is 13.2 Å². The lowest BCUT2D eigenvalue weighted by Crippen LogP contribution is -2.07. The molecule has 1 atom stereocenters. The summed E-state index contributed by atoms with van der Waals surface area (Å²) in [6, 6.07) is 0. The molecule has 96 valence electrons. The first kappa shape index (κ1) is 20.6. The lowest BCUT2D eigenvalue weighted by molar-refractivity contribution is 0.164. The van der Waals surface area contributed by atoms with E-state index in [0.29, 0.717) is 0 Å². The maximum absolute atomic E-state index is 9.52. The quantitative estimate of drug-likeness (QED) is 0.523. The molecular formula is C15H30O. The summed E-state index contributed by atoms with van der Waals surface area (Å²) in [5.41, 5.74) is 2.24. The van der Waals surface area contributed by atoms with Crippen LogP contribution >= 0.6 is 0 Å². The van der Waals surface area contributed by atoms with Gasteiger partial charge in [-0.05, 0) is 32.3 Å². The van der Waals surface area contributed by atoms with Crippen molar-refractivity contribution in [3.05, 3.63) is 37.0 Å². The van der Waals surface area contributed by atoms with E-state index in [2.05, 4.69) is 26.7 Å². The van der Waals surface area contributed by atoms with Gasteiger partial charge in [-0.1, -0.05) is 45.4 Å². The van der Waals surface area contributed by atoms with Gasteiger partial charge in [0.2, 0.25) is 0 Å². The summed E-state index contributed by atoms with van der Waals surface area (Å²) in [6.07, 6.45) is 4.50. The highest BCUT2D eigenvalue weighted by Gasteiger charge is 2.05. The highest BCUT2D eigenvalue weighted by atomic mass is 16.3. The topological polar surface area (TPSA) is 20.2 Å². The van der Waals surface area contributed by atoms with Crippen molar-refractivity contribution >= 4 is 0 Å². The Morgan fingerprint density at radius 2 is 1.75 bits per heavy atom. The van der Waals surface area contributed by atoms with E-state index in [4.69, 9.17) is 0 Å². The number of allylic oxidation sites excluding steroid dienone is 2. The molecule has 0 saturated carbocycles. The molecule has 0 rings (SSSR count). The van der Waals surface area contributed by atoms with Crippen LogP contribution in [0.25, 0.3) is 0 Å². The molecule has 0 fully saturated rings. The van der Waals surface area contributed by atoms with E-state index in [0.717, 1.165) is 24.8 Å². The van der Waals surface area contributed by atoms with Gasteiger partial charge in [-0.25, -0.2) is 0 Å². The summed E-state index contributed by atoms with van der Waals surface area (Å²) in [6.45, 7) is 19.9. The Kier molecular flexibility index (Phi) is 21.4. The van der Waals surface area contributed by atoms with Crippen LogP contribution in [0, 0.1) is 0 Å². The largest absolute Gasteiger partial charge is 0.393 e. The van der Waals surface area contributed by atoms with E-state index < -0.39 is 0 Å². The van der Waals surface area contributed by atoms with Crippen LogP contribution in [-0.2, 0) is 0 Å². The summed E-state index contributed by atoms with van der Waals surface area (Å²) < 4.78 is 0. The van der Waals surface area contributed by atoms with Crippen molar-refractivity contribution in [3.63, 3.8) is 0 Å². The van der Waals surface area contributed by atoms with E-state index in [1.165, 1.54) is 5.57 Å². The van der Waals surface area contributed by atoms with Crippen molar-refractivity contribution in [1.82, 2.24) is 0 Å².